The maximum atomic E-state index is 12.6. The summed E-state index contributed by atoms with van der Waals surface area (Å²) in [4.78, 5) is 12.6. The van der Waals surface area contributed by atoms with Crippen LogP contribution in [0.2, 0.25) is 0 Å². The van der Waals surface area contributed by atoms with Gasteiger partial charge in [-0.3, -0.25) is 4.79 Å². The van der Waals surface area contributed by atoms with Gasteiger partial charge in [-0.25, -0.2) is 0 Å². The largest absolute Gasteiger partial charge is 0.394 e. The van der Waals surface area contributed by atoms with Crippen molar-refractivity contribution in [2.75, 3.05) is 6.61 Å². The highest BCUT2D eigenvalue weighted by atomic mass is 16.3. The number of amides is 1. The molecule has 0 rings (SSSR count). The van der Waals surface area contributed by atoms with Crippen LogP contribution >= 0.6 is 0 Å². The lowest BCUT2D eigenvalue weighted by atomic mass is 10.00. The van der Waals surface area contributed by atoms with Crippen LogP contribution in [-0.4, -0.2) is 57.3 Å². The molecule has 4 unspecified atom stereocenters. The van der Waals surface area contributed by atoms with Gasteiger partial charge in [0.15, 0.2) is 0 Å². The monoisotopic (exact) mass is 1050 g/mol. The Morgan fingerprint density at radius 2 is 0.560 bits per heavy atom. The lowest BCUT2D eigenvalue weighted by Crippen LogP contribution is -2.53. The molecule has 0 aliphatic heterocycles. The average molecular weight is 1050 g/mol. The van der Waals surface area contributed by atoms with Gasteiger partial charge in [-0.15, -0.1) is 0 Å². The number of hydrogen-bond acceptors (Lipinski definition) is 5. The molecule has 0 aromatic heterocycles. The second-order valence-corrected chi connectivity index (χ2v) is 23.1. The van der Waals surface area contributed by atoms with E-state index in [-0.39, 0.29) is 0 Å². The minimum atomic E-state index is -1.30. The van der Waals surface area contributed by atoms with Crippen molar-refractivity contribution in [3.8, 4) is 0 Å². The molecule has 6 heteroatoms. The van der Waals surface area contributed by atoms with E-state index in [0.29, 0.717) is 19.3 Å². The van der Waals surface area contributed by atoms with E-state index in [4.69, 9.17) is 0 Å². The molecule has 442 valence electrons. The van der Waals surface area contributed by atoms with E-state index in [2.05, 4.69) is 67.8 Å². The number of carbonyl (C=O) groups is 1. The van der Waals surface area contributed by atoms with Crippen molar-refractivity contribution in [3.63, 3.8) is 0 Å². The Kier molecular flexibility index (Phi) is 61.6. The molecule has 0 aromatic rings. The van der Waals surface area contributed by atoms with E-state index in [0.717, 1.165) is 51.4 Å². The predicted octanol–water partition coefficient (Wildman–Crippen LogP) is 20.5. The lowest BCUT2D eigenvalue weighted by Gasteiger charge is -2.27. The lowest BCUT2D eigenvalue weighted by molar-refractivity contribution is -0.132. The Labute approximate surface area is 468 Å². The average Bonchev–Trinajstić information content (AvgIpc) is 3.42. The van der Waals surface area contributed by atoms with Crippen LogP contribution in [0.3, 0.4) is 0 Å². The van der Waals surface area contributed by atoms with Crippen molar-refractivity contribution < 1.29 is 25.2 Å². The Hall–Kier alpha value is -1.73. The first-order chi connectivity index (χ1) is 37.0. The van der Waals surface area contributed by atoms with E-state index >= 15 is 0 Å². The maximum absolute atomic E-state index is 12.6. The summed E-state index contributed by atoms with van der Waals surface area (Å²) in [6.07, 6.45) is 82.3. The minimum Gasteiger partial charge on any atom is -0.394 e. The molecule has 4 atom stereocenters. The molecular formula is C69H131NO5. The fourth-order valence-corrected chi connectivity index (χ4v) is 10.5. The number of aliphatic hydroxyl groups is 4. The third-order valence-corrected chi connectivity index (χ3v) is 15.7. The number of hydrogen-bond donors (Lipinski definition) is 5. The topological polar surface area (TPSA) is 110 Å². The van der Waals surface area contributed by atoms with Gasteiger partial charge >= 0.3 is 0 Å². The van der Waals surface area contributed by atoms with Gasteiger partial charge in [0.05, 0.1) is 18.8 Å². The van der Waals surface area contributed by atoms with Crippen LogP contribution in [0.4, 0.5) is 0 Å². The second kappa shape index (κ2) is 63.1. The molecule has 0 bridgehead atoms. The zero-order valence-electron chi connectivity index (χ0n) is 50.3. The Morgan fingerprint density at radius 1 is 0.320 bits per heavy atom. The maximum Gasteiger partial charge on any atom is 0.249 e. The van der Waals surface area contributed by atoms with E-state index in [1.165, 1.54) is 270 Å². The molecule has 1 amide bonds. The highest BCUT2D eigenvalue weighted by molar-refractivity contribution is 5.80. The molecule has 0 saturated carbocycles. The summed E-state index contributed by atoms with van der Waals surface area (Å²) < 4.78 is 0. The summed E-state index contributed by atoms with van der Waals surface area (Å²) in [5.74, 6) is -0.596. The van der Waals surface area contributed by atoms with Crippen molar-refractivity contribution in [3.05, 3.63) is 48.6 Å². The van der Waals surface area contributed by atoms with Crippen LogP contribution in [0.15, 0.2) is 48.6 Å². The van der Waals surface area contributed by atoms with Crippen LogP contribution in [0.25, 0.3) is 0 Å². The van der Waals surface area contributed by atoms with Crippen molar-refractivity contribution in [2.24, 2.45) is 0 Å². The molecular weight excluding hydrogens is 923 g/mol. The van der Waals surface area contributed by atoms with Gasteiger partial charge in [0.1, 0.15) is 12.2 Å². The predicted molar refractivity (Wildman–Crippen MR) is 330 cm³/mol. The van der Waals surface area contributed by atoms with Gasteiger partial charge in [-0.2, -0.15) is 0 Å². The second-order valence-electron chi connectivity index (χ2n) is 23.1. The number of carbonyl (C=O) groups excluding carboxylic acids is 1. The standard InChI is InChI=1S/C69H131NO5/c1-3-5-7-9-11-13-15-17-19-21-23-25-27-29-31-33-34-35-37-38-40-42-44-46-48-50-52-54-56-58-60-62-66(72)68(74)65(64-71)70-69(75)67(73)63-61-59-57-55-53-51-49-47-45-43-41-39-36-32-30-28-26-24-22-20-18-16-14-12-10-8-6-4-2/h30,32,38,40,46,48,54,56,65-68,71-74H,3-29,31,33-37,39,41-45,47,49-53,55,57-64H2,1-2H3,(H,70,75)/b32-30-,40-38+,48-46+,56-54+. The molecule has 0 heterocycles. The number of rotatable bonds is 62. The van der Waals surface area contributed by atoms with Crippen molar-refractivity contribution in [1.82, 2.24) is 5.32 Å². The van der Waals surface area contributed by atoms with E-state index < -0.39 is 36.9 Å². The third-order valence-electron chi connectivity index (χ3n) is 15.7. The first-order valence-electron chi connectivity index (χ1n) is 33.5. The summed E-state index contributed by atoms with van der Waals surface area (Å²) in [5, 5.41) is 44.1. The van der Waals surface area contributed by atoms with Crippen molar-refractivity contribution >= 4 is 5.91 Å². The molecule has 0 fully saturated rings. The Morgan fingerprint density at radius 3 is 0.840 bits per heavy atom. The first kappa shape index (κ1) is 73.3. The van der Waals surface area contributed by atoms with Crippen LogP contribution in [-0.2, 0) is 4.79 Å². The molecule has 6 nitrogen and oxygen atoms in total. The fourth-order valence-electron chi connectivity index (χ4n) is 10.5. The molecule has 0 radical (unpaired) electrons. The molecule has 75 heavy (non-hydrogen) atoms. The van der Waals surface area contributed by atoms with E-state index in [9.17, 15) is 25.2 Å². The molecule has 0 aliphatic rings. The summed E-state index contributed by atoms with van der Waals surface area (Å²) >= 11 is 0. The summed E-state index contributed by atoms with van der Waals surface area (Å²) in [6.45, 7) is 4.08. The highest BCUT2D eigenvalue weighted by Gasteiger charge is 2.28. The Balaban J connectivity index is 3.64. The van der Waals surface area contributed by atoms with Gasteiger partial charge in [0.2, 0.25) is 5.91 Å². The number of nitrogens with one attached hydrogen (secondary N) is 1. The fraction of sp³-hybridized carbons (Fsp3) is 0.870. The van der Waals surface area contributed by atoms with Gasteiger partial charge in [-0.1, -0.05) is 313 Å². The normalized spacial score (nSPS) is 13.8. The van der Waals surface area contributed by atoms with E-state index in [1.807, 2.05) is 0 Å². The highest BCUT2D eigenvalue weighted by Crippen LogP contribution is 2.18. The first-order valence-corrected chi connectivity index (χ1v) is 33.5. The van der Waals surface area contributed by atoms with Crippen LogP contribution < -0.4 is 5.32 Å². The smallest absolute Gasteiger partial charge is 0.249 e. The molecule has 5 N–H and O–H groups in total. The van der Waals surface area contributed by atoms with Crippen molar-refractivity contribution in [2.45, 2.75) is 379 Å². The molecule has 0 saturated heterocycles. The zero-order valence-corrected chi connectivity index (χ0v) is 50.3. The summed E-state index contributed by atoms with van der Waals surface area (Å²) in [5.41, 5.74) is 0. The van der Waals surface area contributed by atoms with Gasteiger partial charge < -0.3 is 25.7 Å². The summed E-state index contributed by atoms with van der Waals surface area (Å²) in [6, 6.07) is -1.01. The quantitative estimate of drug-likeness (QED) is 0.0308. The van der Waals surface area contributed by atoms with E-state index in [1.54, 1.807) is 0 Å². The minimum absolute atomic E-state index is 0.358. The van der Waals surface area contributed by atoms with Crippen LogP contribution in [0.5, 0.6) is 0 Å². The molecule has 0 spiro atoms. The molecule has 0 aliphatic carbocycles. The van der Waals surface area contributed by atoms with Gasteiger partial charge in [0.25, 0.3) is 0 Å². The van der Waals surface area contributed by atoms with Gasteiger partial charge in [-0.05, 0) is 89.9 Å². The zero-order chi connectivity index (χ0) is 54.4. The SMILES string of the molecule is CCCCCCCCCCCCCC/C=C\CCCCCCCCCCCCCCC(O)C(=O)NC(CO)C(O)C(O)CCC/C=C/CC/C=C/CC/C=C/CCCCCCCCCCCCCCCCCCCC. The Bertz CT molecular complexity index is 1230. The number of allylic oxidation sites excluding steroid dienone is 8. The number of unbranched alkanes of at least 4 members (excludes halogenated alkanes) is 45. The molecule has 0 aromatic carbocycles. The van der Waals surface area contributed by atoms with Gasteiger partial charge in [0, 0.05) is 0 Å². The van der Waals surface area contributed by atoms with Crippen molar-refractivity contribution in [1.29, 1.82) is 0 Å². The van der Waals surface area contributed by atoms with Crippen LogP contribution in [0.1, 0.15) is 354 Å². The third kappa shape index (κ3) is 56.8. The summed E-state index contributed by atoms with van der Waals surface area (Å²) in [7, 11) is 0. The number of aliphatic hydroxyl groups excluding tert-OH is 4. The van der Waals surface area contributed by atoms with Crippen LogP contribution in [0, 0.1) is 0 Å².